The van der Waals surface area contributed by atoms with Crippen LogP contribution < -0.4 is 10.6 Å². The molecule has 2 aliphatic rings. The average molecular weight is 517 g/mol. The number of nitrogens with zero attached hydrogens (tertiary/aromatic N) is 1. The van der Waals surface area contributed by atoms with Crippen LogP contribution in [0.3, 0.4) is 0 Å². The lowest BCUT2D eigenvalue weighted by Gasteiger charge is -2.12. The van der Waals surface area contributed by atoms with Crippen molar-refractivity contribution in [3.63, 3.8) is 0 Å². The van der Waals surface area contributed by atoms with Crippen LogP contribution in [0.2, 0.25) is 5.02 Å². The van der Waals surface area contributed by atoms with Crippen molar-refractivity contribution < 1.29 is 22.8 Å². The maximum Gasteiger partial charge on any atom is 0.266 e. The standard InChI is InChI=1S/C22H15Cl3F3N3O2/c23-14-3-2-11(8-12(14)19(32)31-21(9-29)5-6-21)30-20(33)17-16(22(17,24)25)10-1-4-15(26)13(7-10)18(27)28/h1-4,7-8,16-18H,5-6H2,(H,30,33)(H,31,32). The maximum absolute atomic E-state index is 13.6. The van der Waals surface area contributed by atoms with Gasteiger partial charge in [-0.15, -0.1) is 23.2 Å². The molecule has 11 heteroatoms. The predicted octanol–water partition coefficient (Wildman–Crippen LogP) is 5.73. The van der Waals surface area contributed by atoms with E-state index in [1.54, 1.807) is 0 Å². The van der Waals surface area contributed by atoms with Gasteiger partial charge in [-0.3, -0.25) is 9.59 Å². The van der Waals surface area contributed by atoms with Crippen molar-refractivity contribution in [2.75, 3.05) is 5.32 Å². The third kappa shape index (κ3) is 4.50. The molecule has 2 atom stereocenters. The summed E-state index contributed by atoms with van der Waals surface area (Å²) in [6, 6.07) is 9.34. The summed E-state index contributed by atoms with van der Waals surface area (Å²) in [6.45, 7) is 0. The van der Waals surface area contributed by atoms with E-state index < -0.39 is 51.3 Å². The Hall–Kier alpha value is -2.47. The van der Waals surface area contributed by atoms with Crippen LogP contribution >= 0.6 is 34.8 Å². The topological polar surface area (TPSA) is 82.0 Å². The highest BCUT2D eigenvalue weighted by Gasteiger charge is 2.67. The zero-order valence-corrected chi connectivity index (χ0v) is 18.9. The molecule has 2 aromatic rings. The van der Waals surface area contributed by atoms with Gasteiger partial charge in [-0.2, -0.15) is 5.26 Å². The summed E-state index contributed by atoms with van der Waals surface area (Å²) in [6.07, 6.45) is -1.96. The number of carbonyl (C=O) groups excluding carboxylic acids is 2. The van der Waals surface area contributed by atoms with E-state index in [4.69, 9.17) is 40.1 Å². The smallest absolute Gasteiger partial charge is 0.266 e. The highest BCUT2D eigenvalue weighted by molar-refractivity contribution is 6.53. The second-order valence-corrected chi connectivity index (χ2v) is 9.89. The van der Waals surface area contributed by atoms with E-state index in [0.29, 0.717) is 12.8 Å². The zero-order chi connectivity index (χ0) is 24.1. The first kappa shape index (κ1) is 23.7. The Balaban J connectivity index is 1.51. The molecule has 0 spiro atoms. The summed E-state index contributed by atoms with van der Waals surface area (Å²) in [5.41, 5.74) is -1.21. The van der Waals surface area contributed by atoms with Crippen LogP contribution in [0.4, 0.5) is 18.9 Å². The fraction of sp³-hybridized carbons (Fsp3) is 0.318. The highest BCUT2D eigenvalue weighted by Crippen LogP contribution is 2.65. The Morgan fingerprint density at radius 3 is 2.45 bits per heavy atom. The summed E-state index contributed by atoms with van der Waals surface area (Å²) in [5, 5.41) is 14.5. The van der Waals surface area contributed by atoms with Gasteiger partial charge >= 0.3 is 0 Å². The predicted molar refractivity (Wildman–Crippen MR) is 117 cm³/mol. The number of amides is 2. The normalized spacial score (nSPS) is 21.8. The van der Waals surface area contributed by atoms with Crippen molar-refractivity contribution in [1.82, 2.24) is 5.32 Å². The number of rotatable bonds is 6. The lowest BCUT2D eigenvalue weighted by atomic mass is 10.0. The van der Waals surface area contributed by atoms with Crippen LogP contribution in [-0.4, -0.2) is 21.7 Å². The molecule has 4 rings (SSSR count). The van der Waals surface area contributed by atoms with E-state index in [-0.39, 0.29) is 21.8 Å². The minimum absolute atomic E-state index is 0.0615. The number of nitriles is 1. The van der Waals surface area contributed by atoms with Gasteiger partial charge in [0.05, 0.1) is 28.1 Å². The van der Waals surface area contributed by atoms with Crippen molar-refractivity contribution in [2.45, 2.75) is 35.1 Å². The third-order valence-electron chi connectivity index (χ3n) is 5.75. The number of carbonyl (C=O) groups is 2. The van der Waals surface area contributed by atoms with Crippen molar-refractivity contribution in [3.8, 4) is 6.07 Å². The lowest BCUT2D eigenvalue weighted by Crippen LogP contribution is -2.35. The van der Waals surface area contributed by atoms with E-state index in [2.05, 4.69) is 10.6 Å². The summed E-state index contributed by atoms with van der Waals surface area (Å²) in [7, 11) is 0. The van der Waals surface area contributed by atoms with E-state index >= 15 is 0 Å². The van der Waals surface area contributed by atoms with E-state index in [1.165, 1.54) is 24.3 Å². The second-order valence-electron chi connectivity index (χ2n) is 8.04. The van der Waals surface area contributed by atoms with Gasteiger partial charge in [0, 0.05) is 11.6 Å². The van der Waals surface area contributed by atoms with Crippen LogP contribution in [0.5, 0.6) is 0 Å². The molecule has 2 N–H and O–H groups in total. The Labute approximate surface area is 201 Å². The Morgan fingerprint density at radius 1 is 1.15 bits per heavy atom. The number of hydrogen-bond donors (Lipinski definition) is 2. The zero-order valence-electron chi connectivity index (χ0n) is 16.6. The largest absolute Gasteiger partial charge is 0.334 e. The van der Waals surface area contributed by atoms with Crippen LogP contribution in [0.1, 0.15) is 46.7 Å². The molecule has 2 fully saturated rings. The Bertz CT molecular complexity index is 1200. The molecule has 0 heterocycles. The monoisotopic (exact) mass is 515 g/mol. The fourth-order valence-electron chi connectivity index (χ4n) is 3.66. The molecule has 2 saturated carbocycles. The van der Waals surface area contributed by atoms with Crippen LogP contribution in [0.25, 0.3) is 0 Å². The minimum Gasteiger partial charge on any atom is -0.334 e. The lowest BCUT2D eigenvalue weighted by molar-refractivity contribution is -0.117. The summed E-state index contributed by atoms with van der Waals surface area (Å²) < 4.78 is 38.1. The van der Waals surface area contributed by atoms with Crippen LogP contribution in [-0.2, 0) is 4.79 Å². The fourth-order valence-corrected chi connectivity index (χ4v) is 4.69. The van der Waals surface area contributed by atoms with Gasteiger partial charge in [-0.25, -0.2) is 13.2 Å². The molecule has 0 bridgehead atoms. The van der Waals surface area contributed by atoms with Gasteiger partial charge in [0.2, 0.25) is 5.91 Å². The average Bonchev–Trinajstić information content (AvgIpc) is 3.64. The number of alkyl halides is 4. The summed E-state index contributed by atoms with van der Waals surface area (Å²) in [5.74, 6) is -4.08. The Kier molecular flexibility index (Phi) is 6.02. The van der Waals surface area contributed by atoms with Gasteiger partial charge in [0.25, 0.3) is 12.3 Å². The van der Waals surface area contributed by atoms with Crippen molar-refractivity contribution in [2.24, 2.45) is 5.92 Å². The van der Waals surface area contributed by atoms with E-state index in [0.717, 1.165) is 12.1 Å². The summed E-state index contributed by atoms with van der Waals surface area (Å²) in [4.78, 5) is 25.4. The first-order valence-electron chi connectivity index (χ1n) is 9.78. The molecule has 2 aliphatic carbocycles. The molecule has 0 radical (unpaired) electrons. The van der Waals surface area contributed by atoms with Gasteiger partial charge < -0.3 is 10.6 Å². The molecule has 2 aromatic carbocycles. The van der Waals surface area contributed by atoms with E-state index in [9.17, 15) is 22.8 Å². The molecule has 2 amide bonds. The highest BCUT2D eigenvalue weighted by atomic mass is 35.5. The molecule has 5 nitrogen and oxygen atoms in total. The first-order chi connectivity index (χ1) is 15.5. The van der Waals surface area contributed by atoms with Crippen LogP contribution in [0, 0.1) is 23.1 Å². The molecule has 0 aliphatic heterocycles. The van der Waals surface area contributed by atoms with Gasteiger partial charge in [-0.1, -0.05) is 17.7 Å². The first-order valence-corrected chi connectivity index (χ1v) is 10.9. The molecular weight excluding hydrogens is 502 g/mol. The second kappa shape index (κ2) is 8.39. The molecular formula is C22H15Cl3F3N3O2. The van der Waals surface area contributed by atoms with Gasteiger partial charge in [-0.05, 0) is 48.7 Å². The number of nitrogens with one attached hydrogen (secondary N) is 2. The van der Waals surface area contributed by atoms with Crippen molar-refractivity contribution >= 4 is 52.3 Å². The van der Waals surface area contributed by atoms with Crippen LogP contribution in [0.15, 0.2) is 36.4 Å². The minimum atomic E-state index is -3.04. The number of benzene rings is 2. The molecule has 0 saturated heterocycles. The maximum atomic E-state index is 13.6. The van der Waals surface area contributed by atoms with Crippen molar-refractivity contribution in [3.05, 3.63) is 63.9 Å². The van der Waals surface area contributed by atoms with Gasteiger partial charge in [0.15, 0.2) is 0 Å². The molecule has 0 aromatic heterocycles. The number of anilines is 1. The number of halogens is 6. The van der Waals surface area contributed by atoms with Crippen molar-refractivity contribution in [1.29, 1.82) is 5.26 Å². The molecule has 172 valence electrons. The van der Waals surface area contributed by atoms with E-state index in [1.807, 2.05) is 6.07 Å². The Morgan fingerprint density at radius 2 is 1.85 bits per heavy atom. The quantitative estimate of drug-likeness (QED) is 0.481. The molecule has 33 heavy (non-hydrogen) atoms. The molecule has 2 unspecified atom stereocenters. The third-order valence-corrected chi connectivity index (χ3v) is 7.02. The summed E-state index contributed by atoms with van der Waals surface area (Å²) >= 11 is 18.6. The number of hydrogen-bond acceptors (Lipinski definition) is 3. The SMILES string of the molecule is N#CC1(NC(=O)c2cc(NC(=O)C3C(c4ccc(F)c(C(F)F)c4)C3(Cl)Cl)ccc2Cl)CC1. The van der Waals surface area contributed by atoms with Gasteiger partial charge in [0.1, 0.15) is 15.7 Å².